The van der Waals surface area contributed by atoms with Crippen LogP contribution in [-0.4, -0.2) is 32.7 Å². The Morgan fingerprint density at radius 3 is 2.80 bits per heavy atom. The number of carboxylic acids is 1. The molecular formula is C20H14N4O5S. The molecule has 4 rings (SSSR count). The van der Waals surface area contributed by atoms with Crippen molar-refractivity contribution < 1.29 is 19.6 Å². The summed E-state index contributed by atoms with van der Waals surface area (Å²) in [6.45, 7) is -0.186. The summed E-state index contributed by atoms with van der Waals surface area (Å²) in [6.07, 6.45) is 3.11. The normalized spacial score (nSPS) is 11.3. The number of nitro groups is 1. The quantitative estimate of drug-likeness (QED) is 0.279. The van der Waals surface area contributed by atoms with Gasteiger partial charge in [0, 0.05) is 44.9 Å². The first-order chi connectivity index (χ1) is 14.4. The Labute approximate surface area is 173 Å². The van der Waals surface area contributed by atoms with Gasteiger partial charge in [-0.25, -0.2) is 5.43 Å². The number of hydrogen-bond donors (Lipinski definition) is 2. The van der Waals surface area contributed by atoms with Gasteiger partial charge in [0.25, 0.3) is 11.6 Å². The molecule has 2 N–H and O–H groups in total. The highest BCUT2D eigenvalue weighted by atomic mass is 32.1. The molecular weight excluding hydrogens is 408 g/mol. The number of carbonyl (C=O) groups is 2. The summed E-state index contributed by atoms with van der Waals surface area (Å²) in [7, 11) is 0. The van der Waals surface area contributed by atoms with E-state index in [-0.39, 0.29) is 12.2 Å². The van der Waals surface area contributed by atoms with Crippen LogP contribution in [0.4, 0.5) is 5.69 Å². The van der Waals surface area contributed by atoms with Crippen molar-refractivity contribution in [2.45, 2.75) is 6.54 Å². The SMILES string of the molecule is O=C(O)Cn1cc(C=NNC(=O)c2cc3cc([N+](=O)[O-])ccc3s2)c2ccccc21. The number of aliphatic carboxylic acids is 1. The van der Waals surface area contributed by atoms with Crippen LogP contribution >= 0.6 is 11.3 Å². The molecule has 4 aromatic rings. The average Bonchev–Trinajstić information content (AvgIpc) is 3.29. The Hall–Kier alpha value is -4.05. The summed E-state index contributed by atoms with van der Waals surface area (Å²) >= 11 is 1.21. The molecule has 0 atom stereocenters. The average molecular weight is 422 g/mol. The molecule has 2 aromatic heterocycles. The molecule has 0 aliphatic heterocycles. The smallest absolute Gasteiger partial charge is 0.323 e. The number of nitrogens with zero attached hydrogens (tertiary/aromatic N) is 3. The number of non-ortho nitro benzene ring substituents is 1. The molecule has 2 aromatic carbocycles. The summed E-state index contributed by atoms with van der Waals surface area (Å²) in [5.41, 5.74) is 3.82. The van der Waals surface area contributed by atoms with Crippen LogP contribution in [0.2, 0.25) is 0 Å². The molecule has 0 fully saturated rings. The van der Waals surface area contributed by atoms with Gasteiger partial charge in [-0.05, 0) is 18.2 Å². The number of nitro benzene ring substituents is 1. The Bertz CT molecular complexity index is 1340. The number of hydrogen-bond acceptors (Lipinski definition) is 6. The summed E-state index contributed by atoms with van der Waals surface area (Å²) in [5.74, 6) is -1.40. The lowest BCUT2D eigenvalue weighted by Gasteiger charge is -1.99. The Balaban J connectivity index is 1.55. The van der Waals surface area contributed by atoms with Crippen LogP contribution in [0.25, 0.3) is 21.0 Å². The minimum atomic E-state index is -0.961. The second-order valence-electron chi connectivity index (χ2n) is 6.41. The van der Waals surface area contributed by atoms with Crippen molar-refractivity contribution in [3.8, 4) is 0 Å². The van der Waals surface area contributed by atoms with Gasteiger partial charge in [0.05, 0.1) is 16.0 Å². The Morgan fingerprint density at radius 1 is 1.23 bits per heavy atom. The van der Waals surface area contributed by atoms with Crippen molar-refractivity contribution in [1.82, 2.24) is 9.99 Å². The van der Waals surface area contributed by atoms with Crippen LogP contribution in [0, 0.1) is 10.1 Å². The molecule has 0 saturated carbocycles. The van der Waals surface area contributed by atoms with Crippen molar-refractivity contribution in [3.63, 3.8) is 0 Å². The molecule has 30 heavy (non-hydrogen) atoms. The maximum Gasteiger partial charge on any atom is 0.323 e. The molecule has 2 heterocycles. The lowest BCUT2D eigenvalue weighted by Crippen LogP contribution is -2.16. The number of amides is 1. The van der Waals surface area contributed by atoms with E-state index >= 15 is 0 Å². The van der Waals surface area contributed by atoms with E-state index in [4.69, 9.17) is 5.11 Å². The number of aromatic nitrogens is 1. The summed E-state index contributed by atoms with van der Waals surface area (Å²) in [4.78, 5) is 34.3. The predicted octanol–water partition coefficient (Wildman–Crippen LogP) is 3.61. The van der Waals surface area contributed by atoms with Gasteiger partial charge in [0.2, 0.25) is 0 Å². The van der Waals surface area contributed by atoms with Crippen LogP contribution < -0.4 is 5.43 Å². The third kappa shape index (κ3) is 3.76. The molecule has 0 radical (unpaired) electrons. The molecule has 0 bridgehead atoms. The number of nitrogens with one attached hydrogen (secondary N) is 1. The van der Waals surface area contributed by atoms with E-state index in [1.54, 1.807) is 22.9 Å². The first kappa shape index (κ1) is 19.3. The number of para-hydroxylation sites is 1. The maximum absolute atomic E-state index is 12.4. The first-order valence-electron chi connectivity index (χ1n) is 8.73. The van der Waals surface area contributed by atoms with E-state index in [2.05, 4.69) is 10.5 Å². The van der Waals surface area contributed by atoms with E-state index in [1.807, 2.05) is 24.3 Å². The van der Waals surface area contributed by atoms with Gasteiger partial charge in [-0.3, -0.25) is 19.7 Å². The Morgan fingerprint density at radius 2 is 2.03 bits per heavy atom. The number of rotatable bonds is 6. The number of fused-ring (bicyclic) bond motifs is 2. The molecule has 1 amide bonds. The van der Waals surface area contributed by atoms with Gasteiger partial charge < -0.3 is 9.67 Å². The van der Waals surface area contributed by atoms with Crippen molar-refractivity contribution in [2.75, 3.05) is 0 Å². The van der Waals surface area contributed by atoms with Gasteiger partial charge >= 0.3 is 5.97 Å². The fourth-order valence-electron chi connectivity index (χ4n) is 3.13. The van der Waals surface area contributed by atoms with Crippen LogP contribution in [0.5, 0.6) is 0 Å². The summed E-state index contributed by atoms with van der Waals surface area (Å²) in [6, 6.07) is 13.3. The largest absolute Gasteiger partial charge is 0.480 e. The highest BCUT2D eigenvalue weighted by Crippen LogP contribution is 2.29. The second kappa shape index (κ2) is 7.76. The molecule has 10 heteroatoms. The van der Waals surface area contributed by atoms with Gasteiger partial charge in [0.1, 0.15) is 6.54 Å². The van der Waals surface area contributed by atoms with Crippen molar-refractivity contribution >= 4 is 56.1 Å². The number of carboxylic acid groups (broad SMARTS) is 1. The minimum absolute atomic E-state index is 0.0389. The topological polar surface area (TPSA) is 127 Å². The Kier molecular flexibility index (Phi) is 4.98. The number of hydrazone groups is 1. The zero-order chi connectivity index (χ0) is 21.3. The molecule has 0 aliphatic rings. The van der Waals surface area contributed by atoms with E-state index < -0.39 is 16.8 Å². The van der Waals surface area contributed by atoms with E-state index in [0.29, 0.717) is 15.8 Å². The number of thiophene rings is 1. The van der Waals surface area contributed by atoms with Gasteiger partial charge in [-0.15, -0.1) is 11.3 Å². The standard InChI is InChI=1S/C20H14N4O5S/c25-19(26)11-23-10-13(15-3-1-2-4-16(15)23)9-21-22-20(27)18-8-12-7-14(24(28)29)5-6-17(12)30-18/h1-10H,11H2,(H,22,27)(H,25,26). The highest BCUT2D eigenvalue weighted by molar-refractivity contribution is 7.20. The maximum atomic E-state index is 12.4. The highest BCUT2D eigenvalue weighted by Gasteiger charge is 2.13. The van der Waals surface area contributed by atoms with Crippen LogP contribution in [0.1, 0.15) is 15.2 Å². The van der Waals surface area contributed by atoms with Crippen LogP contribution in [0.15, 0.2) is 59.8 Å². The third-order valence-corrected chi connectivity index (χ3v) is 5.54. The fraction of sp³-hybridized carbons (Fsp3) is 0.0500. The predicted molar refractivity (Wildman–Crippen MR) is 113 cm³/mol. The lowest BCUT2D eigenvalue weighted by atomic mass is 10.2. The second-order valence-corrected chi connectivity index (χ2v) is 7.50. The molecule has 0 saturated heterocycles. The third-order valence-electron chi connectivity index (χ3n) is 4.43. The van der Waals surface area contributed by atoms with E-state index in [0.717, 1.165) is 15.6 Å². The fourth-order valence-corrected chi connectivity index (χ4v) is 4.06. The first-order valence-corrected chi connectivity index (χ1v) is 9.55. The van der Waals surface area contributed by atoms with Crippen molar-refractivity contribution in [3.05, 3.63) is 75.3 Å². The summed E-state index contributed by atoms with van der Waals surface area (Å²) < 4.78 is 2.35. The van der Waals surface area contributed by atoms with Crippen molar-refractivity contribution in [2.24, 2.45) is 5.10 Å². The number of benzene rings is 2. The molecule has 9 nitrogen and oxygen atoms in total. The summed E-state index contributed by atoms with van der Waals surface area (Å²) in [5, 5.41) is 25.4. The zero-order valence-corrected chi connectivity index (χ0v) is 16.1. The molecule has 0 aliphatic carbocycles. The van der Waals surface area contributed by atoms with Gasteiger partial charge in [0.15, 0.2) is 0 Å². The van der Waals surface area contributed by atoms with Crippen molar-refractivity contribution in [1.29, 1.82) is 0 Å². The van der Waals surface area contributed by atoms with Crippen LogP contribution in [-0.2, 0) is 11.3 Å². The number of carbonyl (C=O) groups excluding carboxylic acids is 1. The monoisotopic (exact) mass is 422 g/mol. The zero-order valence-electron chi connectivity index (χ0n) is 15.3. The molecule has 0 spiro atoms. The van der Waals surface area contributed by atoms with E-state index in [1.165, 1.54) is 29.7 Å². The molecule has 150 valence electrons. The van der Waals surface area contributed by atoms with Gasteiger partial charge in [-0.1, -0.05) is 18.2 Å². The minimum Gasteiger partial charge on any atom is -0.480 e. The van der Waals surface area contributed by atoms with E-state index in [9.17, 15) is 19.7 Å². The van der Waals surface area contributed by atoms with Crippen LogP contribution in [0.3, 0.4) is 0 Å². The molecule has 0 unspecified atom stereocenters. The van der Waals surface area contributed by atoms with Gasteiger partial charge in [-0.2, -0.15) is 5.10 Å². The lowest BCUT2D eigenvalue weighted by molar-refractivity contribution is -0.384.